The van der Waals surface area contributed by atoms with Gasteiger partial charge in [-0.15, -0.1) is 0 Å². The molecule has 2 N–H and O–H groups in total. The molecule has 0 aromatic heterocycles. The van der Waals surface area contributed by atoms with Crippen molar-refractivity contribution in [3.05, 3.63) is 51.6 Å². The van der Waals surface area contributed by atoms with Gasteiger partial charge in [0.15, 0.2) is 11.5 Å². The number of hydrogen-bond acceptors (Lipinski definition) is 10. The first-order valence-electron chi connectivity index (χ1n) is 11.1. The topological polar surface area (TPSA) is 161 Å². The number of methoxy groups -OCH3 is 4. The molecule has 37 heavy (non-hydrogen) atoms. The molecule has 1 fully saturated rings. The highest BCUT2D eigenvalue weighted by atomic mass is 16.6. The number of nitro benzene ring substituents is 1. The first kappa shape index (κ1) is 29.1. The molecule has 0 amide bonds. The normalized spacial score (nSPS) is 13.6. The Hall–Kier alpha value is -4.10. The number of carbonyl (C=O) groups is 2. The van der Waals surface area contributed by atoms with E-state index in [1.807, 2.05) is 18.2 Å². The van der Waals surface area contributed by atoms with Crippen LogP contribution in [0, 0.1) is 10.1 Å². The summed E-state index contributed by atoms with van der Waals surface area (Å²) < 4.78 is 21.4. The van der Waals surface area contributed by atoms with Crippen LogP contribution in [0.5, 0.6) is 23.0 Å². The molecule has 0 aliphatic carbocycles. The van der Waals surface area contributed by atoms with Gasteiger partial charge in [-0.2, -0.15) is 0 Å². The lowest BCUT2D eigenvalue weighted by molar-refractivity contribution is -0.385. The third-order valence-electron chi connectivity index (χ3n) is 5.70. The number of ether oxygens (including phenoxy) is 4. The van der Waals surface area contributed by atoms with Crippen LogP contribution in [0.4, 0.5) is 5.69 Å². The Bertz CT molecular complexity index is 1090. The SMILES string of the molecule is COc1ccc(OC)c(CN2CCN(Cc3cc(OC)c(OC)cc3[N+](=O)[O-])CC2)c1.O=C(O)C(=O)O. The zero-order valence-electron chi connectivity index (χ0n) is 21.1. The van der Waals surface area contributed by atoms with Crippen LogP contribution in [0.2, 0.25) is 0 Å². The number of benzene rings is 2. The number of rotatable bonds is 9. The molecule has 1 aliphatic rings. The van der Waals surface area contributed by atoms with E-state index in [-0.39, 0.29) is 10.6 Å². The number of nitro groups is 1. The maximum absolute atomic E-state index is 11.6. The Morgan fingerprint density at radius 2 is 1.27 bits per heavy atom. The van der Waals surface area contributed by atoms with Crippen molar-refractivity contribution >= 4 is 17.6 Å². The molecule has 0 saturated carbocycles. The molecule has 2 aromatic rings. The minimum Gasteiger partial charge on any atom is -0.497 e. The Kier molecular flexibility index (Phi) is 10.9. The standard InChI is InChI=1S/C22H29N3O6.C2H2O4/c1-28-18-5-6-20(29-2)17(11-18)15-24-9-7-23(8-10-24)14-16-12-21(30-3)22(31-4)13-19(16)25(26)27;3-1(4)2(5)6/h5-6,11-13H,7-10,14-15H2,1-4H3;(H,3,4)(H,5,6). The highest BCUT2D eigenvalue weighted by Gasteiger charge is 2.24. The molecular weight excluding hydrogens is 490 g/mol. The molecule has 13 heteroatoms. The minimum atomic E-state index is -1.82. The zero-order valence-corrected chi connectivity index (χ0v) is 21.1. The summed E-state index contributed by atoms with van der Waals surface area (Å²) >= 11 is 0. The summed E-state index contributed by atoms with van der Waals surface area (Å²) in [5.74, 6) is -1.16. The molecule has 202 valence electrons. The maximum atomic E-state index is 11.6. The first-order valence-corrected chi connectivity index (χ1v) is 11.1. The second-order valence-electron chi connectivity index (χ2n) is 7.93. The van der Waals surface area contributed by atoms with E-state index >= 15 is 0 Å². The van der Waals surface area contributed by atoms with E-state index in [1.165, 1.54) is 20.3 Å². The predicted molar refractivity (Wildman–Crippen MR) is 132 cm³/mol. The summed E-state index contributed by atoms with van der Waals surface area (Å²) in [5, 5.41) is 26.3. The maximum Gasteiger partial charge on any atom is 0.414 e. The lowest BCUT2D eigenvalue weighted by atomic mass is 10.1. The van der Waals surface area contributed by atoms with Crippen LogP contribution < -0.4 is 18.9 Å². The third-order valence-corrected chi connectivity index (χ3v) is 5.70. The van der Waals surface area contributed by atoms with Gasteiger partial charge < -0.3 is 29.2 Å². The van der Waals surface area contributed by atoms with Crippen molar-refractivity contribution in [3.63, 3.8) is 0 Å². The second kappa shape index (κ2) is 13.8. The highest BCUT2D eigenvalue weighted by Crippen LogP contribution is 2.35. The number of carboxylic acid groups (broad SMARTS) is 2. The van der Waals surface area contributed by atoms with Crippen molar-refractivity contribution in [2.24, 2.45) is 0 Å². The fraction of sp³-hybridized carbons (Fsp3) is 0.417. The molecule has 2 aromatic carbocycles. The zero-order chi connectivity index (χ0) is 27.5. The highest BCUT2D eigenvalue weighted by molar-refractivity contribution is 6.27. The quantitative estimate of drug-likeness (QED) is 0.281. The molecule has 3 rings (SSSR count). The fourth-order valence-corrected chi connectivity index (χ4v) is 3.80. The van der Waals surface area contributed by atoms with Crippen LogP contribution in [0.25, 0.3) is 0 Å². The number of aliphatic carboxylic acids is 2. The molecule has 0 unspecified atom stereocenters. The second-order valence-corrected chi connectivity index (χ2v) is 7.93. The summed E-state index contributed by atoms with van der Waals surface area (Å²) in [6, 6.07) is 8.93. The Balaban J connectivity index is 0.000000717. The van der Waals surface area contributed by atoms with Crippen LogP contribution in [-0.2, 0) is 22.7 Å². The summed E-state index contributed by atoms with van der Waals surface area (Å²) in [4.78, 5) is 33.9. The number of nitrogens with zero attached hydrogens (tertiary/aromatic N) is 3. The van der Waals surface area contributed by atoms with Gasteiger partial charge in [0.1, 0.15) is 11.5 Å². The molecule has 0 radical (unpaired) electrons. The smallest absolute Gasteiger partial charge is 0.414 e. The summed E-state index contributed by atoms with van der Waals surface area (Å²) in [5.41, 5.74) is 1.73. The van der Waals surface area contributed by atoms with Crippen LogP contribution >= 0.6 is 0 Å². The van der Waals surface area contributed by atoms with E-state index in [4.69, 9.17) is 38.7 Å². The van der Waals surface area contributed by atoms with Gasteiger partial charge in [-0.25, -0.2) is 9.59 Å². The molecule has 1 saturated heterocycles. The van der Waals surface area contributed by atoms with Gasteiger partial charge in [-0.1, -0.05) is 0 Å². The van der Waals surface area contributed by atoms with Gasteiger partial charge in [0.25, 0.3) is 5.69 Å². The van der Waals surface area contributed by atoms with Crippen molar-refractivity contribution in [2.75, 3.05) is 54.6 Å². The molecule has 1 heterocycles. The van der Waals surface area contributed by atoms with Crippen molar-refractivity contribution in [1.82, 2.24) is 9.80 Å². The van der Waals surface area contributed by atoms with Crippen molar-refractivity contribution < 1.29 is 43.7 Å². The van der Waals surface area contributed by atoms with E-state index in [1.54, 1.807) is 20.3 Å². The summed E-state index contributed by atoms with van der Waals surface area (Å²) in [7, 11) is 6.31. The third kappa shape index (κ3) is 8.22. The average molecular weight is 522 g/mol. The van der Waals surface area contributed by atoms with E-state index < -0.39 is 11.9 Å². The molecule has 13 nitrogen and oxygen atoms in total. The number of piperazine rings is 1. The van der Waals surface area contributed by atoms with Gasteiger partial charge in [0.05, 0.1) is 39.4 Å². The minimum absolute atomic E-state index is 0.0428. The van der Waals surface area contributed by atoms with Crippen LogP contribution in [0.15, 0.2) is 30.3 Å². The van der Waals surface area contributed by atoms with Crippen LogP contribution in [-0.4, -0.2) is 91.5 Å². The molecular formula is C24H31N3O10. The van der Waals surface area contributed by atoms with Gasteiger partial charge in [0.2, 0.25) is 0 Å². The van der Waals surface area contributed by atoms with Crippen molar-refractivity contribution in [1.29, 1.82) is 0 Å². The average Bonchev–Trinajstić information content (AvgIpc) is 2.89. The van der Waals surface area contributed by atoms with Crippen molar-refractivity contribution in [3.8, 4) is 23.0 Å². The monoisotopic (exact) mass is 521 g/mol. The molecule has 1 aliphatic heterocycles. The van der Waals surface area contributed by atoms with Crippen LogP contribution in [0.1, 0.15) is 11.1 Å². The lowest BCUT2D eigenvalue weighted by Gasteiger charge is -2.35. The lowest BCUT2D eigenvalue weighted by Crippen LogP contribution is -2.45. The molecule has 0 spiro atoms. The van der Waals surface area contributed by atoms with Crippen molar-refractivity contribution in [2.45, 2.75) is 13.1 Å². The number of carboxylic acids is 2. The number of hydrogen-bond donors (Lipinski definition) is 2. The van der Waals surface area contributed by atoms with E-state index in [0.717, 1.165) is 49.8 Å². The Morgan fingerprint density at radius 3 is 1.70 bits per heavy atom. The Morgan fingerprint density at radius 1 is 0.784 bits per heavy atom. The van der Waals surface area contributed by atoms with Gasteiger partial charge >= 0.3 is 11.9 Å². The van der Waals surface area contributed by atoms with Crippen LogP contribution in [0.3, 0.4) is 0 Å². The van der Waals surface area contributed by atoms with Gasteiger partial charge in [0, 0.05) is 50.4 Å². The Labute approximate surface area is 213 Å². The van der Waals surface area contributed by atoms with E-state index in [0.29, 0.717) is 23.6 Å². The van der Waals surface area contributed by atoms with Gasteiger partial charge in [-0.05, 0) is 24.3 Å². The molecule has 0 atom stereocenters. The summed E-state index contributed by atoms with van der Waals surface area (Å²) in [6.07, 6.45) is 0. The van der Waals surface area contributed by atoms with Gasteiger partial charge in [-0.3, -0.25) is 19.9 Å². The largest absolute Gasteiger partial charge is 0.497 e. The fourth-order valence-electron chi connectivity index (χ4n) is 3.80. The summed E-state index contributed by atoms with van der Waals surface area (Å²) in [6.45, 7) is 4.54. The first-order chi connectivity index (χ1) is 17.6. The van der Waals surface area contributed by atoms with E-state index in [2.05, 4.69) is 9.80 Å². The molecule has 0 bridgehead atoms. The van der Waals surface area contributed by atoms with E-state index in [9.17, 15) is 10.1 Å². The predicted octanol–water partition coefficient (Wildman–Crippen LogP) is 2.10.